The highest BCUT2D eigenvalue weighted by Crippen LogP contribution is 2.38. The fourth-order valence-corrected chi connectivity index (χ4v) is 6.35. The van der Waals surface area contributed by atoms with Gasteiger partial charge in [0.05, 0.1) is 5.69 Å². The van der Waals surface area contributed by atoms with Crippen molar-refractivity contribution in [1.82, 2.24) is 19.9 Å². The van der Waals surface area contributed by atoms with E-state index in [0.29, 0.717) is 17.5 Å². The van der Waals surface area contributed by atoms with Crippen LogP contribution in [-0.2, 0) is 0 Å². The summed E-state index contributed by atoms with van der Waals surface area (Å²) in [6.07, 6.45) is 1.94. The predicted octanol–water partition coefficient (Wildman–Crippen LogP) is 11.2. The Balaban J connectivity index is 1.09. The number of benzene rings is 6. The molecule has 0 aliphatic rings. The zero-order valence-electron chi connectivity index (χ0n) is 26.4. The third-order valence-electron chi connectivity index (χ3n) is 8.80. The van der Waals surface area contributed by atoms with E-state index < -0.39 is 0 Å². The number of aromatic nitrogens is 4. The summed E-state index contributed by atoms with van der Waals surface area (Å²) in [5, 5.41) is 2.02. The molecule has 0 radical (unpaired) electrons. The van der Waals surface area contributed by atoms with Crippen molar-refractivity contribution in [3.05, 3.63) is 170 Å². The largest absolute Gasteiger partial charge is 0.456 e. The quantitative estimate of drug-likeness (QED) is 0.183. The van der Waals surface area contributed by atoms with Crippen molar-refractivity contribution in [2.75, 3.05) is 0 Å². The maximum absolute atomic E-state index is 6.43. The minimum atomic E-state index is 0.624. The Morgan fingerprint density at radius 3 is 1.51 bits per heavy atom. The average molecular weight is 629 g/mol. The zero-order valence-corrected chi connectivity index (χ0v) is 26.4. The molecule has 0 unspecified atom stereocenters. The number of fused-ring (bicyclic) bond motifs is 3. The first-order chi connectivity index (χ1) is 24.3. The molecule has 3 heterocycles. The fraction of sp³-hybridized carbons (Fsp3) is 0. The summed E-state index contributed by atoms with van der Waals surface area (Å²) in [6.45, 7) is 0. The minimum Gasteiger partial charge on any atom is -0.456 e. The van der Waals surface area contributed by atoms with Crippen LogP contribution in [0, 0.1) is 0 Å². The highest BCUT2D eigenvalue weighted by molar-refractivity contribution is 6.12. The van der Waals surface area contributed by atoms with Crippen LogP contribution in [0.25, 0.3) is 89.6 Å². The third-order valence-corrected chi connectivity index (χ3v) is 8.80. The summed E-state index contributed by atoms with van der Waals surface area (Å²) < 4.78 is 6.43. The molecule has 0 aliphatic heterocycles. The lowest BCUT2D eigenvalue weighted by Gasteiger charge is -2.09. The standard InChI is InChI=1S/C44H28N4O/c1-4-12-29(13-5-1)34-18-10-19-35(26-34)38-27-40-37(28-45-38)41-36(20-11-21-39(41)49-40)30-22-24-33(25-23-30)44-47-42(31-14-6-2-7-15-31)46-43(48-44)32-16-8-3-9-17-32/h1-28H. The van der Waals surface area contributed by atoms with Gasteiger partial charge in [0.25, 0.3) is 0 Å². The van der Waals surface area contributed by atoms with E-state index in [4.69, 9.17) is 24.4 Å². The van der Waals surface area contributed by atoms with Crippen LogP contribution in [0.2, 0.25) is 0 Å². The molecule has 0 saturated carbocycles. The maximum Gasteiger partial charge on any atom is 0.164 e. The number of rotatable bonds is 6. The van der Waals surface area contributed by atoms with Crippen molar-refractivity contribution in [3.63, 3.8) is 0 Å². The van der Waals surface area contributed by atoms with Gasteiger partial charge in [-0.1, -0.05) is 146 Å². The third kappa shape index (κ3) is 5.43. The number of nitrogens with zero attached hydrogens (tertiary/aromatic N) is 4. The van der Waals surface area contributed by atoms with Crippen LogP contribution in [-0.4, -0.2) is 19.9 Å². The molecular formula is C44H28N4O. The van der Waals surface area contributed by atoms with Gasteiger partial charge < -0.3 is 4.42 Å². The van der Waals surface area contributed by atoms with Crippen LogP contribution >= 0.6 is 0 Å². The van der Waals surface area contributed by atoms with Gasteiger partial charge in [0.2, 0.25) is 0 Å². The molecule has 0 aliphatic carbocycles. The van der Waals surface area contributed by atoms with E-state index in [-0.39, 0.29) is 0 Å². The second-order valence-corrected chi connectivity index (χ2v) is 11.9. The summed E-state index contributed by atoms with van der Waals surface area (Å²) in [5.74, 6) is 1.91. The second kappa shape index (κ2) is 12.1. The molecule has 0 spiro atoms. The van der Waals surface area contributed by atoms with Gasteiger partial charge in [-0.05, 0) is 34.4 Å². The Hall–Kier alpha value is -6.72. The van der Waals surface area contributed by atoms with Gasteiger partial charge in [-0.2, -0.15) is 0 Å². The highest BCUT2D eigenvalue weighted by atomic mass is 16.3. The molecule has 6 aromatic carbocycles. The first kappa shape index (κ1) is 28.5. The molecule has 0 bridgehead atoms. The van der Waals surface area contributed by atoms with E-state index in [1.54, 1.807) is 0 Å². The number of furan rings is 1. The highest BCUT2D eigenvalue weighted by Gasteiger charge is 2.16. The maximum atomic E-state index is 6.43. The van der Waals surface area contributed by atoms with E-state index >= 15 is 0 Å². The molecule has 0 saturated heterocycles. The van der Waals surface area contributed by atoms with Gasteiger partial charge in [-0.15, -0.1) is 0 Å². The summed E-state index contributed by atoms with van der Waals surface area (Å²) in [7, 11) is 0. The van der Waals surface area contributed by atoms with Crippen molar-refractivity contribution >= 4 is 21.9 Å². The van der Waals surface area contributed by atoms with Crippen molar-refractivity contribution < 1.29 is 4.42 Å². The smallest absolute Gasteiger partial charge is 0.164 e. The van der Waals surface area contributed by atoms with Gasteiger partial charge in [0.1, 0.15) is 11.2 Å². The number of hydrogen-bond acceptors (Lipinski definition) is 5. The molecule has 0 atom stereocenters. The molecule has 49 heavy (non-hydrogen) atoms. The Bertz CT molecular complexity index is 2520. The van der Waals surface area contributed by atoms with Crippen LogP contribution in [0.15, 0.2) is 174 Å². The lowest BCUT2D eigenvalue weighted by atomic mass is 9.98. The Labute approximate surface area is 283 Å². The predicted molar refractivity (Wildman–Crippen MR) is 198 cm³/mol. The topological polar surface area (TPSA) is 64.7 Å². The van der Waals surface area contributed by atoms with Crippen molar-refractivity contribution in [1.29, 1.82) is 0 Å². The van der Waals surface area contributed by atoms with E-state index in [0.717, 1.165) is 66.6 Å². The molecule has 5 nitrogen and oxygen atoms in total. The lowest BCUT2D eigenvalue weighted by molar-refractivity contribution is 0.668. The van der Waals surface area contributed by atoms with E-state index in [2.05, 4.69) is 78.9 Å². The number of pyridine rings is 1. The molecule has 5 heteroatoms. The monoisotopic (exact) mass is 628 g/mol. The first-order valence-corrected chi connectivity index (χ1v) is 16.2. The van der Waals surface area contributed by atoms with Crippen LogP contribution in [0.4, 0.5) is 0 Å². The minimum absolute atomic E-state index is 0.624. The van der Waals surface area contributed by atoms with Crippen LogP contribution in [0.5, 0.6) is 0 Å². The van der Waals surface area contributed by atoms with Gasteiger partial charge in [0, 0.05) is 45.3 Å². The fourth-order valence-electron chi connectivity index (χ4n) is 6.35. The Morgan fingerprint density at radius 1 is 0.367 bits per heavy atom. The summed E-state index contributed by atoms with van der Waals surface area (Å²) in [5.41, 5.74) is 10.8. The summed E-state index contributed by atoms with van der Waals surface area (Å²) in [6, 6.07) is 55.5. The zero-order chi connectivity index (χ0) is 32.6. The van der Waals surface area contributed by atoms with Crippen molar-refractivity contribution in [3.8, 4) is 67.7 Å². The molecule has 0 amide bonds. The molecule has 0 fully saturated rings. The first-order valence-electron chi connectivity index (χ1n) is 16.2. The van der Waals surface area contributed by atoms with Crippen molar-refractivity contribution in [2.24, 2.45) is 0 Å². The van der Waals surface area contributed by atoms with Gasteiger partial charge in [-0.25, -0.2) is 15.0 Å². The van der Waals surface area contributed by atoms with Gasteiger partial charge >= 0.3 is 0 Å². The Kier molecular flexibility index (Phi) is 7.06. The SMILES string of the molecule is c1ccc(-c2cccc(-c3cc4oc5cccc(-c6ccc(-c7nc(-c8ccccc8)nc(-c8ccccc8)n7)cc6)c5c4cn3)c2)cc1. The van der Waals surface area contributed by atoms with Gasteiger partial charge in [0.15, 0.2) is 17.5 Å². The molecular weight excluding hydrogens is 601 g/mol. The van der Waals surface area contributed by atoms with Crippen molar-refractivity contribution in [2.45, 2.75) is 0 Å². The summed E-state index contributed by atoms with van der Waals surface area (Å²) in [4.78, 5) is 19.5. The van der Waals surface area contributed by atoms with Gasteiger partial charge in [-0.3, -0.25) is 4.98 Å². The number of hydrogen-bond donors (Lipinski definition) is 0. The molecule has 0 N–H and O–H groups in total. The van der Waals surface area contributed by atoms with E-state index in [1.807, 2.05) is 91.1 Å². The summed E-state index contributed by atoms with van der Waals surface area (Å²) >= 11 is 0. The van der Waals surface area contributed by atoms with E-state index in [9.17, 15) is 0 Å². The lowest BCUT2D eigenvalue weighted by Crippen LogP contribution is -2.00. The van der Waals surface area contributed by atoms with Crippen LogP contribution in [0.1, 0.15) is 0 Å². The Morgan fingerprint density at radius 2 is 0.878 bits per heavy atom. The molecule has 9 aromatic rings. The van der Waals surface area contributed by atoms with E-state index in [1.165, 1.54) is 5.56 Å². The normalized spacial score (nSPS) is 11.3. The molecule has 9 rings (SSSR count). The second-order valence-electron chi connectivity index (χ2n) is 11.9. The van der Waals surface area contributed by atoms with Crippen LogP contribution in [0.3, 0.4) is 0 Å². The van der Waals surface area contributed by atoms with Crippen LogP contribution < -0.4 is 0 Å². The molecule has 230 valence electrons. The average Bonchev–Trinajstić information content (AvgIpc) is 3.57. The molecule has 3 aromatic heterocycles.